The van der Waals surface area contributed by atoms with Crippen LogP contribution in [-0.2, 0) is 0 Å². The number of aryl methyl sites for hydroxylation is 1. The van der Waals surface area contributed by atoms with Gasteiger partial charge >= 0.3 is 0 Å². The molecule has 90 valence electrons. The average Bonchev–Trinajstić information content (AvgIpc) is 2.09. The smallest absolute Gasteiger partial charge is 0.250 e. The van der Waals surface area contributed by atoms with Crippen molar-refractivity contribution in [2.45, 2.75) is 45.8 Å². The number of hydrogen-bond donors (Lipinski definition) is 0. The van der Waals surface area contributed by atoms with Crippen LogP contribution in [0.1, 0.15) is 26.3 Å². The summed E-state index contributed by atoms with van der Waals surface area (Å²) >= 11 is 3.55. The third kappa shape index (κ3) is 3.11. The Hall–Kier alpha value is -0.283. The predicted molar refractivity (Wildman–Crippen MR) is 76.7 cm³/mol. The van der Waals surface area contributed by atoms with Crippen LogP contribution in [0.15, 0.2) is 22.7 Å². The van der Waals surface area contributed by atoms with Crippen LogP contribution in [0.5, 0.6) is 5.75 Å². The van der Waals surface area contributed by atoms with Gasteiger partial charge in [-0.2, -0.15) is 0 Å². The van der Waals surface area contributed by atoms with Crippen molar-refractivity contribution >= 4 is 24.2 Å². The van der Waals surface area contributed by atoms with Crippen molar-refractivity contribution in [1.82, 2.24) is 0 Å². The second-order valence-electron chi connectivity index (χ2n) is 5.80. The molecule has 0 N–H and O–H groups in total. The highest BCUT2D eigenvalue weighted by Gasteiger charge is 2.39. The molecule has 16 heavy (non-hydrogen) atoms. The summed E-state index contributed by atoms with van der Waals surface area (Å²) in [6.45, 7) is 13.4. The van der Waals surface area contributed by atoms with Gasteiger partial charge in [-0.1, -0.05) is 26.8 Å². The Morgan fingerprint density at radius 2 is 1.75 bits per heavy atom. The third-order valence-corrected chi connectivity index (χ3v) is 8.26. The van der Waals surface area contributed by atoms with E-state index >= 15 is 0 Å². The normalized spacial score (nSPS) is 12.7. The van der Waals surface area contributed by atoms with E-state index in [2.05, 4.69) is 74.9 Å². The standard InChI is InChI=1S/C13H21BrOSi/c1-10-7-8-11(14)12(9-10)15-16(5,6)13(2,3)4/h7-9H,1-6H3. The van der Waals surface area contributed by atoms with Crippen LogP contribution in [-0.4, -0.2) is 8.32 Å². The number of halogens is 1. The summed E-state index contributed by atoms with van der Waals surface area (Å²) in [5.41, 5.74) is 1.23. The lowest BCUT2D eigenvalue weighted by Crippen LogP contribution is -2.43. The minimum atomic E-state index is -1.73. The van der Waals surface area contributed by atoms with E-state index in [4.69, 9.17) is 4.43 Å². The van der Waals surface area contributed by atoms with Crippen LogP contribution in [0.3, 0.4) is 0 Å². The molecule has 0 aliphatic heterocycles. The third-order valence-electron chi connectivity index (χ3n) is 3.26. The van der Waals surface area contributed by atoms with Crippen molar-refractivity contribution in [1.29, 1.82) is 0 Å². The van der Waals surface area contributed by atoms with Crippen LogP contribution in [0.4, 0.5) is 0 Å². The van der Waals surface area contributed by atoms with Crippen molar-refractivity contribution in [2.24, 2.45) is 0 Å². The van der Waals surface area contributed by atoms with E-state index in [9.17, 15) is 0 Å². The molecule has 1 nitrogen and oxygen atoms in total. The number of benzene rings is 1. The van der Waals surface area contributed by atoms with Gasteiger partial charge in [0.2, 0.25) is 0 Å². The summed E-state index contributed by atoms with van der Waals surface area (Å²) in [5.74, 6) is 0.978. The van der Waals surface area contributed by atoms with Crippen LogP contribution in [0.25, 0.3) is 0 Å². The first-order chi connectivity index (χ1) is 7.13. The van der Waals surface area contributed by atoms with Crippen LogP contribution in [0.2, 0.25) is 18.1 Å². The largest absolute Gasteiger partial charge is 0.543 e. The van der Waals surface area contributed by atoms with Gasteiger partial charge in [0.1, 0.15) is 5.75 Å². The second-order valence-corrected chi connectivity index (χ2v) is 11.4. The first kappa shape index (κ1) is 13.8. The fourth-order valence-corrected chi connectivity index (χ4v) is 2.62. The average molecular weight is 301 g/mol. The van der Waals surface area contributed by atoms with Crippen molar-refractivity contribution in [2.75, 3.05) is 0 Å². The van der Waals surface area contributed by atoms with Gasteiger partial charge < -0.3 is 4.43 Å². The zero-order chi connectivity index (χ0) is 12.6. The summed E-state index contributed by atoms with van der Waals surface area (Å²) in [6.07, 6.45) is 0. The van der Waals surface area contributed by atoms with Gasteiger partial charge in [-0.15, -0.1) is 0 Å². The molecule has 3 heteroatoms. The number of rotatable bonds is 2. The minimum Gasteiger partial charge on any atom is -0.543 e. The Balaban J connectivity index is 3.01. The van der Waals surface area contributed by atoms with Crippen LogP contribution < -0.4 is 4.43 Å². The molecule has 0 saturated carbocycles. The Morgan fingerprint density at radius 1 is 1.19 bits per heavy atom. The molecular weight excluding hydrogens is 280 g/mol. The quantitative estimate of drug-likeness (QED) is 0.687. The molecule has 0 bridgehead atoms. The summed E-state index contributed by atoms with van der Waals surface area (Å²) in [6, 6.07) is 6.24. The molecule has 0 atom stereocenters. The number of hydrogen-bond acceptors (Lipinski definition) is 1. The van der Waals surface area contributed by atoms with Crippen LogP contribution in [0, 0.1) is 6.92 Å². The molecular formula is C13H21BrOSi. The van der Waals surface area contributed by atoms with Gasteiger partial charge in [-0.3, -0.25) is 0 Å². The van der Waals surface area contributed by atoms with Gasteiger partial charge in [0.25, 0.3) is 8.32 Å². The molecule has 0 saturated heterocycles. The molecule has 0 aliphatic carbocycles. The maximum absolute atomic E-state index is 6.27. The van der Waals surface area contributed by atoms with E-state index in [1.165, 1.54) is 5.56 Å². The molecule has 0 unspecified atom stereocenters. The highest BCUT2D eigenvalue weighted by molar-refractivity contribution is 9.10. The first-order valence-corrected chi connectivity index (χ1v) is 9.29. The molecule has 1 aromatic rings. The topological polar surface area (TPSA) is 9.23 Å². The van der Waals surface area contributed by atoms with E-state index in [1.807, 2.05) is 0 Å². The highest BCUT2D eigenvalue weighted by Crippen LogP contribution is 2.39. The second kappa shape index (κ2) is 4.53. The van der Waals surface area contributed by atoms with Gasteiger partial charge in [-0.25, -0.2) is 0 Å². The summed E-state index contributed by atoms with van der Waals surface area (Å²) < 4.78 is 7.31. The molecule has 0 spiro atoms. The molecule has 0 fully saturated rings. The molecule has 0 aromatic heterocycles. The zero-order valence-corrected chi connectivity index (χ0v) is 13.6. The van der Waals surface area contributed by atoms with E-state index in [0.717, 1.165) is 10.2 Å². The lowest BCUT2D eigenvalue weighted by Gasteiger charge is -2.36. The first-order valence-electron chi connectivity index (χ1n) is 5.59. The lowest BCUT2D eigenvalue weighted by atomic mass is 10.2. The van der Waals surface area contributed by atoms with Gasteiger partial charge in [0, 0.05) is 0 Å². The molecule has 1 aromatic carbocycles. The van der Waals surface area contributed by atoms with Crippen LogP contribution >= 0.6 is 15.9 Å². The summed E-state index contributed by atoms with van der Waals surface area (Å²) in [5, 5.41) is 0.232. The summed E-state index contributed by atoms with van der Waals surface area (Å²) in [4.78, 5) is 0. The van der Waals surface area contributed by atoms with E-state index in [0.29, 0.717) is 0 Å². The van der Waals surface area contributed by atoms with Crippen molar-refractivity contribution < 1.29 is 4.43 Å². The SMILES string of the molecule is Cc1ccc(Br)c(O[Si](C)(C)C(C)(C)C)c1. The van der Waals surface area contributed by atoms with Crippen molar-refractivity contribution in [3.05, 3.63) is 28.2 Å². The summed E-state index contributed by atoms with van der Waals surface area (Å²) in [7, 11) is -1.73. The van der Waals surface area contributed by atoms with E-state index in [1.54, 1.807) is 0 Å². The molecule has 1 rings (SSSR count). The van der Waals surface area contributed by atoms with E-state index in [-0.39, 0.29) is 5.04 Å². The van der Waals surface area contributed by atoms with Crippen molar-refractivity contribution in [3.8, 4) is 5.75 Å². The fourth-order valence-electron chi connectivity index (χ4n) is 1.12. The lowest BCUT2D eigenvalue weighted by molar-refractivity contribution is 0.489. The molecule has 0 heterocycles. The molecule has 0 radical (unpaired) electrons. The fraction of sp³-hybridized carbons (Fsp3) is 0.538. The maximum atomic E-state index is 6.27. The Bertz CT molecular complexity index is 380. The maximum Gasteiger partial charge on any atom is 0.250 e. The van der Waals surface area contributed by atoms with Gasteiger partial charge in [-0.05, 0) is 58.7 Å². The Kier molecular flexibility index (Phi) is 3.90. The predicted octanol–water partition coefficient (Wildman–Crippen LogP) is 5.14. The Morgan fingerprint density at radius 3 is 2.25 bits per heavy atom. The minimum absolute atomic E-state index is 0.232. The van der Waals surface area contributed by atoms with Gasteiger partial charge in [0.15, 0.2) is 0 Å². The molecule has 0 aliphatic rings. The Labute approximate surface area is 108 Å². The molecule has 0 amide bonds. The zero-order valence-electron chi connectivity index (χ0n) is 11.0. The van der Waals surface area contributed by atoms with Gasteiger partial charge in [0.05, 0.1) is 4.47 Å². The van der Waals surface area contributed by atoms with E-state index < -0.39 is 8.32 Å². The van der Waals surface area contributed by atoms with Crippen molar-refractivity contribution in [3.63, 3.8) is 0 Å². The monoisotopic (exact) mass is 300 g/mol. The highest BCUT2D eigenvalue weighted by atomic mass is 79.9.